The average Bonchev–Trinajstić information content (AvgIpc) is 3.10. The van der Waals surface area contributed by atoms with Crippen LogP contribution in [0.15, 0.2) is 72.6 Å². The van der Waals surface area contributed by atoms with Crippen LogP contribution in [0.2, 0.25) is 5.02 Å². The van der Waals surface area contributed by atoms with Gasteiger partial charge in [-0.2, -0.15) is 0 Å². The second-order valence-corrected chi connectivity index (χ2v) is 7.90. The molecule has 1 unspecified atom stereocenters. The number of rotatable bonds is 6. The number of benzene rings is 2. The predicted molar refractivity (Wildman–Crippen MR) is 124 cm³/mol. The minimum Gasteiger partial charge on any atom is -0.507 e. The largest absolute Gasteiger partial charge is 0.507 e. The summed E-state index contributed by atoms with van der Waals surface area (Å²) in [5.74, 6) is -1.82. The second-order valence-electron chi connectivity index (χ2n) is 7.46. The molecular formula is C25H21ClN2O5. The molecule has 1 aromatic heterocycles. The Morgan fingerprint density at radius 2 is 1.88 bits per heavy atom. The third-order valence-corrected chi connectivity index (χ3v) is 5.48. The van der Waals surface area contributed by atoms with Crippen molar-refractivity contribution in [2.24, 2.45) is 0 Å². The fourth-order valence-corrected chi connectivity index (χ4v) is 3.91. The molecule has 2 N–H and O–H groups in total. The van der Waals surface area contributed by atoms with Gasteiger partial charge in [0.05, 0.1) is 23.9 Å². The summed E-state index contributed by atoms with van der Waals surface area (Å²) in [5, 5.41) is 21.9. The molecule has 7 nitrogen and oxygen atoms in total. The summed E-state index contributed by atoms with van der Waals surface area (Å²) in [7, 11) is 0. The maximum atomic E-state index is 13.2. The van der Waals surface area contributed by atoms with Crippen LogP contribution in [0.5, 0.6) is 11.5 Å². The van der Waals surface area contributed by atoms with Crippen molar-refractivity contribution in [1.29, 1.82) is 0 Å². The maximum absolute atomic E-state index is 13.2. The number of pyridine rings is 1. The molecule has 1 atom stereocenters. The van der Waals surface area contributed by atoms with E-state index in [0.29, 0.717) is 23.5 Å². The fraction of sp³-hybridized carbons (Fsp3) is 0.160. The normalized spacial score (nSPS) is 17.4. The molecule has 168 valence electrons. The monoisotopic (exact) mass is 464 g/mol. The Hall–Kier alpha value is -3.84. The zero-order valence-electron chi connectivity index (χ0n) is 17.7. The van der Waals surface area contributed by atoms with Crippen molar-refractivity contribution in [2.45, 2.75) is 19.4 Å². The van der Waals surface area contributed by atoms with Crippen LogP contribution in [-0.2, 0) is 9.59 Å². The molecule has 0 bridgehead atoms. The number of anilines is 1. The Morgan fingerprint density at radius 1 is 1.12 bits per heavy atom. The number of aromatic nitrogens is 1. The molecule has 33 heavy (non-hydrogen) atoms. The highest BCUT2D eigenvalue weighted by atomic mass is 35.5. The van der Waals surface area contributed by atoms with Gasteiger partial charge >= 0.3 is 0 Å². The summed E-state index contributed by atoms with van der Waals surface area (Å²) in [6.07, 6.45) is 3.85. The van der Waals surface area contributed by atoms with Crippen molar-refractivity contribution in [3.05, 3.63) is 88.7 Å². The van der Waals surface area contributed by atoms with E-state index in [1.54, 1.807) is 36.4 Å². The van der Waals surface area contributed by atoms with Crippen molar-refractivity contribution in [1.82, 2.24) is 4.98 Å². The number of amides is 1. The number of hydrogen-bond acceptors (Lipinski definition) is 6. The number of aliphatic hydroxyl groups is 1. The Labute approximate surface area is 195 Å². The first-order valence-electron chi connectivity index (χ1n) is 10.3. The van der Waals surface area contributed by atoms with Crippen LogP contribution in [0.25, 0.3) is 5.76 Å². The lowest BCUT2D eigenvalue weighted by Gasteiger charge is -2.26. The van der Waals surface area contributed by atoms with Crippen LogP contribution < -0.4 is 9.64 Å². The highest BCUT2D eigenvalue weighted by Gasteiger charge is 2.47. The Kier molecular flexibility index (Phi) is 6.33. The van der Waals surface area contributed by atoms with Gasteiger partial charge in [-0.05, 0) is 54.4 Å². The van der Waals surface area contributed by atoms with Gasteiger partial charge in [0.15, 0.2) is 0 Å². The lowest BCUT2D eigenvalue weighted by atomic mass is 9.95. The summed E-state index contributed by atoms with van der Waals surface area (Å²) in [6, 6.07) is 13.2. The van der Waals surface area contributed by atoms with E-state index < -0.39 is 17.7 Å². The number of nitrogens with zero attached hydrogens (tertiary/aromatic N) is 2. The lowest BCUT2D eigenvalue weighted by Crippen LogP contribution is -2.29. The smallest absolute Gasteiger partial charge is 0.300 e. The molecule has 1 aliphatic rings. The van der Waals surface area contributed by atoms with Gasteiger partial charge in [-0.25, -0.2) is 0 Å². The van der Waals surface area contributed by atoms with Gasteiger partial charge in [-0.3, -0.25) is 19.5 Å². The molecule has 2 heterocycles. The number of ether oxygens (including phenoxy) is 1. The zero-order valence-corrected chi connectivity index (χ0v) is 18.5. The van der Waals surface area contributed by atoms with Crippen LogP contribution in [0.3, 0.4) is 0 Å². The zero-order chi connectivity index (χ0) is 23.5. The van der Waals surface area contributed by atoms with Crippen molar-refractivity contribution >= 4 is 34.7 Å². The Morgan fingerprint density at radius 3 is 2.61 bits per heavy atom. The average molecular weight is 465 g/mol. The highest BCUT2D eigenvalue weighted by Crippen LogP contribution is 2.45. The van der Waals surface area contributed by atoms with Gasteiger partial charge in [-0.1, -0.05) is 30.7 Å². The van der Waals surface area contributed by atoms with Crippen LogP contribution >= 0.6 is 11.6 Å². The molecule has 2 aromatic carbocycles. The number of aliphatic hydroxyl groups excluding tert-OH is 1. The summed E-state index contributed by atoms with van der Waals surface area (Å²) >= 11 is 6.11. The fourth-order valence-electron chi connectivity index (χ4n) is 3.74. The van der Waals surface area contributed by atoms with E-state index in [1.807, 2.05) is 6.92 Å². The van der Waals surface area contributed by atoms with E-state index in [1.165, 1.54) is 30.6 Å². The number of halogens is 1. The second kappa shape index (κ2) is 9.34. The number of ketones is 1. The first kappa shape index (κ1) is 22.4. The molecule has 8 heteroatoms. The molecule has 0 aliphatic carbocycles. The van der Waals surface area contributed by atoms with Crippen LogP contribution in [0.1, 0.15) is 30.5 Å². The minimum atomic E-state index is -1.00. The van der Waals surface area contributed by atoms with E-state index in [9.17, 15) is 19.8 Å². The topological polar surface area (TPSA) is 100.0 Å². The van der Waals surface area contributed by atoms with Crippen LogP contribution in [0, 0.1) is 0 Å². The molecule has 0 radical (unpaired) electrons. The summed E-state index contributed by atoms with van der Waals surface area (Å²) in [6.45, 7) is 2.48. The summed E-state index contributed by atoms with van der Waals surface area (Å²) in [4.78, 5) is 31.5. The van der Waals surface area contributed by atoms with E-state index in [-0.39, 0.29) is 27.8 Å². The van der Waals surface area contributed by atoms with Gasteiger partial charge in [-0.15, -0.1) is 0 Å². The molecule has 4 rings (SSSR count). The first-order chi connectivity index (χ1) is 15.9. The van der Waals surface area contributed by atoms with Crippen LogP contribution in [-0.4, -0.2) is 33.5 Å². The third-order valence-electron chi connectivity index (χ3n) is 5.24. The van der Waals surface area contributed by atoms with Crippen LogP contribution in [0.4, 0.5) is 5.69 Å². The van der Waals surface area contributed by atoms with Gasteiger partial charge in [0.2, 0.25) is 0 Å². The summed E-state index contributed by atoms with van der Waals surface area (Å²) in [5.41, 5.74) is 0.809. The maximum Gasteiger partial charge on any atom is 0.300 e. The molecular weight excluding hydrogens is 444 g/mol. The number of Topliss-reactive ketones (excluding diaryl/α,β-unsaturated/α-hetero) is 1. The Bertz CT molecular complexity index is 1240. The van der Waals surface area contributed by atoms with E-state index in [2.05, 4.69) is 4.98 Å². The van der Waals surface area contributed by atoms with E-state index in [4.69, 9.17) is 16.3 Å². The molecule has 1 amide bonds. The SMILES string of the molecule is CCCOc1cccc(/C(O)=C2\C(=O)C(=O)N(c3cc(Cl)ccc3O)C2c2ccncc2)c1. The molecule has 3 aromatic rings. The van der Waals surface area contributed by atoms with Gasteiger partial charge in [0, 0.05) is 23.0 Å². The summed E-state index contributed by atoms with van der Waals surface area (Å²) < 4.78 is 5.64. The first-order valence-corrected chi connectivity index (χ1v) is 10.7. The van der Waals surface area contributed by atoms with E-state index in [0.717, 1.165) is 11.3 Å². The quantitative estimate of drug-likeness (QED) is 0.307. The number of phenolic OH excluding ortho intramolecular Hbond substituents is 1. The highest BCUT2D eigenvalue weighted by molar-refractivity contribution is 6.52. The molecule has 0 saturated carbocycles. The van der Waals surface area contributed by atoms with Gasteiger partial charge < -0.3 is 14.9 Å². The lowest BCUT2D eigenvalue weighted by molar-refractivity contribution is -0.132. The molecule has 0 spiro atoms. The number of hydrogen-bond donors (Lipinski definition) is 2. The van der Waals surface area contributed by atoms with Gasteiger partial charge in [0.25, 0.3) is 11.7 Å². The van der Waals surface area contributed by atoms with E-state index >= 15 is 0 Å². The van der Waals surface area contributed by atoms with Crippen molar-refractivity contribution < 1.29 is 24.5 Å². The third kappa shape index (κ3) is 4.27. The van der Waals surface area contributed by atoms with Crippen molar-refractivity contribution in [3.8, 4) is 11.5 Å². The number of carbonyl (C=O) groups excluding carboxylic acids is 2. The molecule has 1 fully saturated rings. The minimum absolute atomic E-state index is 0.0606. The Balaban J connectivity index is 1.91. The predicted octanol–water partition coefficient (Wildman–Crippen LogP) is 4.86. The van der Waals surface area contributed by atoms with Crippen molar-refractivity contribution in [2.75, 3.05) is 11.5 Å². The number of carbonyl (C=O) groups is 2. The van der Waals surface area contributed by atoms with Gasteiger partial charge in [0.1, 0.15) is 17.3 Å². The molecule has 1 aliphatic heterocycles. The number of phenols is 1. The van der Waals surface area contributed by atoms with Crippen molar-refractivity contribution in [3.63, 3.8) is 0 Å². The molecule has 1 saturated heterocycles. The number of aromatic hydroxyl groups is 1. The standard InChI is InChI=1S/C25H21ClN2O5/c1-2-12-33-18-5-3-4-16(13-18)23(30)21-22(15-8-10-27-11-9-15)28(25(32)24(21)31)19-14-17(26)6-7-20(19)29/h3-11,13-14,22,29-30H,2,12H2,1H3/b23-21+.